The van der Waals surface area contributed by atoms with Crippen LogP contribution < -0.4 is 0 Å². The molecule has 0 heterocycles. The number of hydrogen-bond acceptors (Lipinski definition) is 0. The van der Waals surface area contributed by atoms with Gasteiger partial charge in [0.2, 0.25) is 0 Å². The highest BCUT2D eigenvalue weighted by molar-refractivity contribution is 5.57. The predicted molar refractivity (Wildman–Crippen MR) is 62.7 cm³/mol. The van der Waals surface area contributed by atoms with Gasteiger partial charge in [0.15, 0.2) is 0 Å². The minimum absolute atomic E-state index is 1.15. The van der Waals surface area contributed by atoms with Crippen molar-refractivity contribution in [2.75, 3.05) is 0 Å². The highest BCUT2D eigenvalue weighted by atomic mass is 14.0. The van der Waals surface area contributed by atoms with Crippen LogP contribution in [-0.4, -0.2) is 0 Å². The third kappa shape index (κ3) is 3.75. The van der Waals surface area contributed by atoms with Crippen LogP contribution >= 0.6 is 0 Å². The molecule has 13 heavy (non-hydrogen) atoms. The van der Waals surface area contributed by atoms with Crippen LogP contribution in [0.25, 0.3) is 12.2 Å². The monoisotopic (exact) mass is 174 g/mol. The van der Waals surface area contributed by atoms with Crippen LogP contribution in [0.3, 0.4) is 0 Å². The highest BCUT2D eigenvalue weighted by Gasteiger charge is 1.90. The molecule has 0 saturated heterocycles. The summed E-state index contributed by atoms with van der Waals surface area (Å²) in [5.74, 6) is 0. The molecule has 0 radical (unpaired) electrons. The van der Waals surface area contributed by atoms with Crippen molar-refractivity contribution in [1.29, 1.82) is 0 Å². The van der Waals surface area contributed by atoms with Crippen LogP contribution in [0.1, 0.15) is 30.5 Å². The van der Waals surface area contributed by atoms with Crippen molar-refractivity contribution >= 4 is 12.2 Å². The van der Waals surface area contributed by atoms with Gasteiger partial charge in [-0.05, 0) is 29.7 Å². The van der Waals surface area contributed by atoms with E-state index in [0.29, 0.717) is 0 Å². The molecular formula is C13H18. The van der Waals surface area contributed by atoms with Crippen LogP contribution in [0.15, 0.2) is 31.4 Å². The number of aryl methyl sites for hydroxylation is 1. The molecule has 1 aromatic rings. The molecule has 70 valence electrons. The van der Waals surface area contributed by atoms with Gasteiger partial charge in [-0.1, -0.05) is 51.3 Å². The molecule has 1 rings (SSSR count). The van der Waals surface area contributed by atoms with Gasteiger partial charge in [-0.2, -0.15) is 0 Å². The molecule has 0 nitrogen and oxygen atoms in total. The maximum Gasteiger partial charge on any atom is -0.0254 e. The molecule has 0 aliphatic heterocycles. The van der Waals surface area contributed by atoms with E-state index in [9.17, 15) is 0 Å². The molecule has 0 atom stereocenters. The van der Waals surface area contributed by atoms with E-state index < -0.39 is 0 Å². The zero-order chi connectivity index (χ0) is 10.3. The minimum Gasteiger partial charge on any atom is -0.0985 e. The average Bonchev–Trinajstić information content (AvgIpc) is 2.20. The first-order valence-corrected chi connectivity index (χ1v) is 4.63. The van der Waals surface area contributed by atoms with Crippen LogP contribution in [-0.2, 0) is 0 Å². The average molecular weight is 174 g/mol. The summed E-state index contributed by atoms with van der Waals surface area (Å²) >= 11 is 0. The lowest BCUT2D eigenvalue weighted by atomic mass is 10.1. The van der Waals surface area contributed by atoms with Crippen LogP contribution in [0.5, 0.6) is 0 Å². The van der Waals surface area contributed by atoms with Gasteiger partial charge in [0.05, 0.1) is 0 Å². The second-order valence-corrected chi connectivity index (χ2v) is 2.59. The van der Waals surface area contributed by atoms with Gasteiger partial charge >= 0.3 is 0 Å². The standard InChI is InChI=1S/C11H12.C2H6/c1-4-10-6-9(3)7-11(5-2)8-10;1-2/h4-8H,1-2H2,3H3;1-2H3. The zero-order valence-corrected chi connectivity index (χ0v) is 8.80. The molecule has 0 amide bonds. The Labute approximate surface area is 81.6 Å². The second kappa shape index (κ2) is 6.24. The maximum absolute atomic E-state index is 3.71. The first kappa shape index (κ1) is 11.7. The van der Waals surface area contributed by atoms with Gasteiger partial charge in [-0.15, -0.1) is 0 Å². The Morgan fingerprint density at radius 3 is 1.62 bits per heavy atom. The van der Waals surface area contributed by atoms with Crippen molar-refractivity contribution in [3.8, 4) is 0 Å². The molecule has 0 aliphatic rings. The molecule has 0 N–H and O–H groups in total. The molecule has 0 aromatic heterocycles. The van der Waals surface area contributed by atoms with Gasteiger partial charge in [-0.3, -0.25) is 0 Å². The fourth-order valence-corrected chi connectivity index (χ4v) is 1.08. The largest absolute Gasteiger partial charge is 0.0985 e. The summed E-state index contributed by atoms with van der Waals surface area (Å²) in [5.41, 5.74) is 3.55. The summed E-state index contributed by atoms with van der Waals surface area (Å²) in [6.07, 6.45) is 3.69. The molecule has 0 fully saturated rings. The molecule has 0 spiro atoms. The Bertz CT molecular complexity index is 256. The molecule has 0 heteroatoms. The van der Waals surface area contributed by atoms with E-state index in [1.165, 1.54) is 5.56 Å². The summed E-state index contributed by atoms with van der Waals surface area (Å²) < 4.78 is 0. The zero-order valence-electron chi connectivity index (χ0n) is 8.80. The fourth-order valence-electron chi connectivity index (χ4n) is 1.08. The lowest BCUT2D eigenvalue weighted by Crippen LogP contribution is -1.78. The van der Waals surface area contributed by atoms with Crippen LogP contribution in [0.2, 0.25) is 0 Å². The Morgan fingerprint density at radius 2 is 1.31 bits per heavy atom. The van der Waals surface area contributed by atoms with Crippen molar-refractivity contribution in [1.82, 2.24) is 0 Å². The van der Waals surface area contributed by atoms with Gasteiger partial charge in [-0.25, -0.2) is 0 Å². The molecule has 0 saturated carbocycles. The van der Waals surface area contributed by atoms with Crippen molar-refractivity contribution in [3.63, 3.8) is 0 Å². The first-order chi connectivity index (χ1) is 6.26. The topological polar surface area (TPSA) is 0 Å². The summed E-state index contributed by atoms with van der Waals surface area (Å²) in [4.78, 5) is 0. The van der Waals surface area contributed by atoms with Gasteiger partial charge in [0.25, 0.3) is 0 Å². The Morgan fingerprint density at radius 1 is 0.923 bits per heavy atom. The molecule has 0 aliphatic carbocycles. The van der Waals surface area contributed by atoms with E-state index in [-0.39, 0.29) is 0 Å². The van der Waals surface area contributed by atoms with Crippen LogP contribution in [0.4, 0.5) is 0 Å². The second-order valence-electron chi connectivity index (χ2n) is 2.59. The minimum atomic E-state index is 1.15. The van der Waals surface area contributed by atoms with E-state index in [0.717, 1.165) is 11.1 Å². The number of rotatable bonds is 2. The van der Waals surface area contributed by atoms with Crippen molar-refractivity contribution in [3.05, 3.63) is 48.0 Å². The lowest BCUT2D eigenvalue weighted by Gasteiger charge is -1.98. The predicted octanol–water partition coefficient (Wildman–Crippen LogP) is 4.31. The van der Waals surface area contributed by atoms with E-state index in [4.69, 9.17) is 0 Å². The maximum atomic E-state index is 3.71. The Hall–Kier alpha value is -1.30. The third-order valence-corrected chi connectivity index (χ3v) is 1.59. The molecule has 1 aromatic carbocycles. The summed E-state index contributed by atoms with van der Waals surface area (Å²) in [7, 11) is 0. The lowest BCUT2D eigenvalue weighted by molar-refractivity contribution is 1.45. The number of benzene rings is 1. The smallest absolute Gasteiger partial charge is 0.0254 e. The molecule has 0 unspecified atom stereocenters. The SMILES string of the molecule is C=Cc1cc(C)cc(C=C)c1.CC. The molecular weight excluding hydrogens is 156 g/mol. The Balaban J connectivity index is 0.000000671. The van der Waals surface area contributed by atoms with E-state index in [1.807, 2.05) is 26.0 Å². The van der Waals surface area contributed by atoms with Crippen molar-refractivity contribution in [2.45, 2.75) is 20.8 Å². The highest BCUT2D eigenvalue weighted by Crippen LogP contribution is 2.11. The normalized spacial score (nSPS) is 8.23. The number of hydrogen-bond donors (Lipinski definition) is 0. The van der Waals surface area contributed by atoms with Gasteiger partial charge in [0.1, 0.15) is 0 Å². The van der Waals surface area contributed by atoms with Crippen molar-refractivity contribution in [2.24, 2.45) is 0 Å². The summed E-state index contributed by atoms with van der Waals surface area (Å²) in [6, 6.07) is 6.26. The molecule has 0 bridgehead atoms. The summed E-state index contributed by atoms with van der Waals surface area (Å²) in [6.45, 7) is 13.5. The van der Waals surface area contributed by atoms with E-state index >= 15 is 0 Å². The third-order valence-electron chi connectivity index (χ3n) is 1.59. The van der Waals surface area contributed by atoms with Crippen molar-refractivity contribution < 1.29 is 0 Å². The van der Waals surface area contributed by atoms with Crippen LogP contribution in [0, 0.1) is 6.92 Å². The van der Waals surface area contributed by atoms with Gasteiger partial charge in [0, 0.05) is 0 Å². The van der Waals surface area contributed by atoms with Gasteiger partial charge < -0.3 is 0 Å². The van der Waals surface area contributed by atoms with E-state index in [1.54, 1.807) is 0 Å². The quantitative estimate of drug-likeness (QED) is 0.626. The summed E-state index contributed by atoms with van der Waals surface area (Å²) in [5, 5.41) is 0. The fraction of sp³-hybridized carbons (Fsp3) is 0.231. The van der Waals surface area contributed by atoms with E-state index in [2.05, 4.69) is 38.3 Å². The first-order valence-electron chi connectivity index (χ1n) is 4.63. The Kier molecular flexibility index (Phi) is 5.62.